The molecule has 0 saturated carbocycles. The van der Waals surface area contributed by atoms with E-state index in [4.69, 9.17) is 20.9 Å². The van der Waals surface area contributed by atoms with Gasteiger partial charge in [-0.25, -0.2) is 9.67 Å². The number of carbonyl (C=O) groups is 1. The molecule has 0 aliphatic carbocycles. The van der Waals surface area contributed by atoms with Gasteiger partial charge in [-0.15, -0.1) is 5.10 Å². The third kappa shape index (κ3) is 4.81. The van der Waals surface area contributed by atoms with E-state index in [1.165, 1.54) is 6.33 Å². The standard InChI is InChI=1S/C23H22ClN5O3/c1-14-6-4-9-20(15(14)2)31-12-19-16(3)32-28-21(19)22(30)26-23-25-13-29(27-23)11-17-7-5-8-18(24)10-17/h4-10,13H,11-12H2,1-3H3,(H,26,27,30). The number of aromatic nitrogens is 4. The van der Waals surface area contributed by atoms with E-state index in [-0.39, 0.29) is 18.2 Å². The summed E-state index contributed by atoms with van der Waals surface area (Å²) in [6.45, 7) is 6.37. The Morgan fingerprint density at radius 2 is 2.00 bits per heavy atom. The summed E-state index contributed by atoms with van der Waals surface area (Å²) >= 11 is 6.02. The SMILES string of the molecule is Cc1cccc(OCc2c(C(=O)Nc3ncn(Cc4cccc(Cl)c4)n3)noc2C)c1C. The first-order valence-electron chi connectivity index (χ1n) is 10.00. The molecule has 0 aliphatic rings. The zero-order valence-electron chi connectivity index (χ0n) is 17.9. The maximum absolute atomic E-state index is 12.8. The van der Waals surface area contributed by atoms with Gasteiger partial charge >= 0.3 is 0 Å². The molecule has 0 unspecified atom stereocenters. The average molecular weight is 452 g/mol. The molecule has 0 spiro atoms. The summed E-state index contributed by atoms with van der Waals surface area (Å²) in [7, 11) is 0. The first-order valence-corrected chi connectivity index (χ1v) is 10.4. The molecule has 0 radical (unpaired) electrons. The van der Waals surface area contributed by atoms with Crippen LogP contribution in [0.25, 0.3) is 0 Å². The van der Waals surface area contributed by atoms with E-state index >= 15 is 0 Å². The number of halogens is 1. The van der Waals surface area contributed by atoms with Crippen LogP contribution in [0.3, 0.4) is 0 Å². The quantitative estimate of drug-likeness (QED) is 0.436. The van der Waals surface area contributed by atoms with Gasteiger partial charge in [-0.2, -0.15) is 0 Å². The van der Waals surface area contributed by atoms with Gasteiger partial charge in [0.1, 0.15) is 24.4 Å². The van der Waals surface area contributed by atoms with Crippen LogP contribution in [0, 0.1) is 20.8 Å². The zero-order valence-corrected chi connectivity index (χ0v) is 18.7. The number of hydrogen-bond donors (Lipinski definition) is 1. The highest BCUT2D eigenvalue weighted by Gasteiger charge is 2.22. The monoisotopic (exact) mass is 451 g/mol. The van der Waals surface area contributed by atoms with Crippen molar-refractivity contribution in [1.29, 1.82) is 0 Å². The first kappa shape index (κ1) is 21.6. The van der Waals surface area contributed by atoms with Crippen molar-refractivity contribution in [1.82, 2.24) is 19.9 Å². The second kappa shape index (κ2) is 9.23. The summed E-state index contributed by atoms with van der Waals surface area (Å²) < 4.78 is 12.8. The Morgan fingerprint density at radius 3 is 2.81 bits per heavy atom. The van der Waals surface area contributed by atoms with E-state index in [0.29, 0.717) is 22.9 Å². The Hall–Kier alpha value is -3.65. The molecule has 0 saturated heterocycles. The van der Waals surface area contributed by atoms with Crippen molar-refractivity contribution in [2.45, 2.75) is 33.9 Å². The van der Waals surface area contributed by atoms with Gasteiger partial charge in [-0.1, -0.05) is 41.0 Å². The second-order valence-electron chi connectivity index (χ2n) is 7.40. The first-order chi connectivity index (χ1) is 15.4. The highest BCUT2D eigenvalue weighted by molar-refractivity contribution is 6.30. The van der Waals surface area contributed by atoms with Crippen LogP contribution < -0.4 is 10.1 Å². The molecule has 0 aliphatic heterocycles. The molecule has 4 rings (SSSR count). The number of nitrogens with zero attached hydrogens (tertiary/aromatic N) is 4. The van der Waals surface area contributed by atoms with E-state index in [9.17, 15) is 4.79 Å². The number of anilines is 1. The van der Waals surface area contributed by atoms with Crippen molar-refractivity contribution in [3.8, 4) is 5.75 Å². The van der Waals surface area contributed by atoms with E-state index in [2.05, 4.69) is 20.6 Å². The summed E-state index contributed by atoms with van der Waals surface area (Å²) in [6, 6.07) is 13.3. The lowest BCUT2D eigenvalue weighted by atomic mass is 10.1. The minimum Gasteiger partial charge on any atom is -0.488 e. The zero-order chi connectivity index (χ0) is 22.7. The minimum absolute atomic E-state index is 0.138. The highest BCUT2D eigenvalue weighted by Crippen LogP contribution is 2.23. The van der Waals surface area contributed by atoms with Crippen molar-refractivity contribution >= 4 is 23.5 Å². The largest absolute Gasteiger partial charge is 0.488 e. The Balaban J connectivity index is 1.44. The number of carbonyl (C=O) groups excluding carboxylic acids is 1. The normalized spacial score (nSPS) is 10.9. The number of benzene rings is 2. The van der Waals surface area contributed by atoms with E-state index in [1.807, 2.05) is 50.2 Å². The molecule has 2 aromatic carbocycles. The molecule has 8 nitrogen and oxygen atoms in total. The van der Waals surface area contributed by atoms with Crippen molar-refractivity contribution in [2.75, 3.05) is 5.32 Å². The van der Waals surface area contributed by atoms with Crippen LogP contribution >= 0.6 is 11.6 Å². The molecule has 1 amide bonds. The maximum atomic E-state index is 12.8. The van der Waals surface area contributed by atoms with Crippen LogP contribution in [-0.2, 0) is 13.2 Å². The van der Waals surface area contributed by atoms with Crippen LogP contribution in [0.15, 0.2) is 53.3 Å². The van der Waals surface area contributed by atoms with Gasteiger partial charge in [0.15, 0.2) is 5.69 Å². The molecule has 4 aromatic rings. The Labute approximate surface area is 190 Å². The molecule has 2 aromatic heterocycles. The van der Waals surface area contributed by atoms with Crippen LogP contribution in [0.5, 0.6) is 5.75 Å². The van der Waals surface area contributed by atoms with E-state index in [1.54, 1.807) is 17.7 Å². The predicted molar refractivity (Wildman–Crippen MR) is 120 cm³/mol. The Kier molecular flexibility index (Phi) is 6.23. The summed E-state index contributed by atoms with van der Waals surface area (Å²) in [5, 5.41) is 11.5. The maximum Gasteiger partial charge on any atom is 0.280 e. The third-order valence-electron chi connectivity index (χ3n) is 5.12. The molecule has 0 fully saturated rings. The third-order valence-corrected chi connectivity index (χ3v) is 5.36. The number of nitrogens with one attached hydrogen (secondary N) is 1. The summed E-state index contributed by atoms with van der Waals surface area (Å²) in [5.41, 5.74) is 3.85. The molecule has 2 heterocycles. The van der Waals surface area contributed by atoms with Crippen molar-refractivity contribution < 1.29 is 14.1 Å². The fourth-order valence-corrected chi connectivity index (χ4v) is 3.39. The van der Waals surface area contributed by atoms with Gasteiger partial charge in [0.05, 0.1) is 12.1 Å². The van der Waals surface area contributed by atoms with Gasteiger partial charge in [0, 0.05) is 5.02 Å². The van der Waals surface area contributed by atoms with E-state index in [0.717, 1.165) is 22.4 Å². The Bertz CT molecular complexity index is 1260. The molecular weight excluding hydrogens is 430 g/mol. The second-order valence-corrected chi connectivity index (χ2v) is 7.84. The number of ether oxygens (including phenoxy) is 1. The topological polar surface area (TPSA) is 95.1 Å². The lowest BCUT2D eigenvalue weighted by molar-refractivity contribution is 0.101. The number of aryl methyl sites for hydroxylation is 2. The highest BCUT2D eigenvalue weighted by atomic mass is 35.5. The number of hydrogen-bond acceptors (Lipinski definition) is 6. The fourth-order valence-electron chi connectivity index (χ4n) is 3.18. The lowest BCUT2D eigenvalue weighted by Crippen LogP contribution is -2.16. The molecule has 164 valence electrons. The molecule has 0 bridgehead atoms. The molecule has 9 heteroatoms. The summed E-state index contributed by atoms with van der Waals surface area (Å²) in [6.07, 6.45) is 1.54. The Morgan fingerprint density at radius 1 is 1.19 bits per heavy atom. The van der Waals surface area contributed by atoms with Gasteiger partial charge in [0.25, 0.3) is 5.91 Å². The molecular formula is C23H22ClN5O3. The predicted octanol–water partition coefficient (Wildman–Crippen LogP) is 4.72. The van der Waals surface area contributed by atoms with Crippen LogP contribution in [0.2, 0.25) is 5.02 Å². The molecule has 1 N–H and O–H groups in total. The van der Waals surface area contributed by atoms with E-state index < -0.39 is 5.91 Å². The molecule has 32 heavy (non-hydrogen) atoms. The molecule has 0 atom stereocenters. The fraction of sp³-hybridized carbons (Fsp3) is 0.217. The van der Waals surface area contributed by atoms with Crippen molar-refractivity contribution in [2.24, 2.45) is 0 Å². The van der Waals surface area contributed by atoms with Gasteiger partial charge < -0.3 is 9.26 Å². The van der Waals surface area contributed by atoms with Crippen LogP contribution in [0.4, 0.5) is 5.95 Å². The number of rotatable bonds is 7. The van der Waals surface area contributed by atoms with Crippen molar-refractivity contribution in [3.63, 3.8) is 0 Å². The van der Waals surface area contributed by atoms with Crippen LogP contribution in [-0.4, -0.2) is 25.8 Å². The van der Waals surface area contributed by atoms with Gasteiger partial charge in [-0.3, -0.25) is 10.1 Å². The van der Waals surface area contributed by atoms with Crippen molar-refractivity contribution in [3.05, 3.63) is 87.5 Å². The van der Waals surface area contributed by atoms with Gasteiger partial charge in [0.2, 0.25) is 5.95 Å². The van der Waals surface area contributed by atoms with Gasteiger partial charge in [-0.05, 0) is 55.7 Å². The average Bonchev–Trinajstić information content (AvgIpc) is 3.35. The summed E-state index contributed by atoms with van der Waals surface area (Å²) in [4.78, 5) is 16.9. The lowest BCUT2D eigenvalue weighted by Gasteiger charge is -2.10. The summed E-state index contributed by atoms with van der Waals surface area (Å²) in [5.74, 6) is 0.958. The smallest absolute Gasteiger partial charge is 0.280 e. The van der Waals surface area contributed by atoms with Crippen LogP contribution in [0.1, 0.15) is 38.5 Å². The number of amides is 1. The minimum atomic E-state index is -0.470.